The van der Waals surface area contributed by atoms with Crippen molar-refractivity contribution in [3.05, 3.63) is 48.3 Å². The fourth-order valence-corrected chi connectivity index (χ4v) is 4.66. The van der Waals surface area contributed by atoms with Crippen LogP contribution >= 0.6 is 0 Å². The Balaban J connectivity index is 1.35. The lowest BCUT2D eigenvalue weighted by Gasteiger charge is -2.34. The molecule has 3 heterocycles. The van der Waals surface area contributed by atoms with Gasteiger partial charge in [0.1, 0.15) is 4.90 Å². The number of aliphatic hydroxyl groups excluding tert-OH is 1. The summed E-state index contributed by atoms with van der Waals surface area (Å²) < 4.78 is 37.4. The highest BCUT2D eigenvalue weighted by Crippen LogP contribution is 2.34. The Morgan fingerprint density at radius 1 is 1.11 bits per heavy atom. The molecule has 1 unspecified atom stereocenters. The minimum Gasteiger partial charge on any atom is -0.454 e. The van der Waals surface area contributed by atoms with E-state index in [2.05, 4.69) is 9.88 Å². The molecule has 8 nitrogen and oxygen atoms in total. The van der Waals surface area contributed by atoms with E-state index in [4.69, 9.17) is 9.47 Å². The zero-order valence-corrected chi connectivity index (χ0v) is 15.5. The molecular weight excluding hydrogens is 370 g/mol. The number of fused-ring (bicyclic) bond motifs is 1. The fraction of sp³-hybridized carbons (Fsp3) is 0.389. The number of nitrogens with zero attached hydrogens (tertiary/aromatic N) is 3. The number of β-amino-alcohol motifs (C(OH)–C–C–N with tert-alkyl or cyclic N) is 1. The molecule has 0 saturated carbocycles. The first-order valence-corrected chi connectivity index (χ1v) is 10.2. The number of sulfonamides is 1. The first-order valence-electron chi connectivity index (χ1n) is 8.74. The van der Waals surface area contributed by atoms with E-state index >= 15 is 0 Å². The Morgan fingerprint density at radius 2 is 1.89 bits per heavy atom. The molecule has 1 fully saturated rings. The normalized spacial score (nSPS) is 19.1. The van der Waals surface area contributed by atoms with E-state index in [9.17, 15) is 13.5 Å². The average Bonchev–Trinajstić information content (AvgIpc) is 3.17. The van der Waals surface area contributed by atoms with Crippen LogP contribution in [-0.2, 0) is 10.0 Å². The van der Waals surface area contributed by atoms with Gasteiger partial charge in [0.2, 0.25) is 16.8 Å². The smallest absolute Gasteiger partial charge is 0.244 e. The van der Waals surface area contributed by atoms with Crippen molar-refractivity contribution < 1.29 is 23.0 Å². The van der Waals surface area contributed by atoms with Crippen molar-refractivity contribution in [2.45, 2.75) is 11.0 Å². The number of benzene rings is 1. The maximum Gasteiger partial charge on any atom is 0.244 e. The molecular formula is C18H21N3O5S. The monoisotopic (exact) mass is 391 g/mol. The average molecular weight is 391 g/mol. The van der Waals surface area contributed by atoms with Gasteiger partial charge in [-0.2, -0.15) is 4.31 Å². The van der Waals surface area contributed by atoms with Crippen LogP contribution in [0.4, 0.5) is 0 Å². The van der Waals surface area contributed by atoms with E-state index in [0.717, 1.165) is 5.56 Å². The summed E-state index contributed by atoms with van der Waals surface area (Å²) in [5, 5.41) is 10.5. The molecule has 2 aliphatic heterocycles. The van der Waals surface area contributed by atoms with E-state index in [1.54, 1.807) is 30.5 Å². The summed E-state index contributed by atoms with van der Waals surface area (Å²) in [6.07, 6.45) is 2.24. The number of rotatable bonds is 5. The van der Waals surface area contributed by atoms with Gasteiger partial charge in [-0.05, 0) is 29.8 Å². The maximum absolute atomic E-state index is 12.6. The summed E-state index contributed by atoms with van der Waals surface area (Å²) in [5.41, 5.74) is 0.754. The van der Waals surface area contributed by atoms with Crippen molar-refractivity contribution in [3.8, 4) is 11.5 Å². The summed E-state index contributed by atoms with van der Waals surface area (Å²) >= 11 is 0. The molecule has 0 aliphatic carbocycles. The van der Waals surface area contributed by atoms with Crippen LogP contribution in [0.1, 0.15) is 11.7 Å². The van der Waals surface area contributed by atoms with Gasteiger partial charge in [0.15, 0.2) is 11.5 Å². The lowest BCUT2D eigenvalue weighted by atomic mass is 10.1. The summed E-state index contributed by atoms with van der Waals surface area (Å²) in [7, 11) is -3.52. The van der Waals surface area contributed by atoms with Crippen molar-refractivity contribution >= 4 is 10.0 Å². The van der Waals surface area contributed by atoms with E-state index in [-0.39, 0.29) is 11.7 Å². The molecule has 144 valence electrons. The van der Waals surface area contributed by atoms with Crippen molar-refractivity contribution in [1.82, 2.24) is 14.2 Å². The molecule has 2 aromatic rings. The number of ether oxygens (including phenoxy) is 2. The summed E-state index contributed by atoms with van der Waals surface area (Å²) in [6.45, 7) is 2.50. The van der Waals surface area contributed by atoms with E-state index in [1.165, 1.54) is 10.5 Å². The maximum atomic E-state index is 12.6. The molecule has 1 atom stereocenters. The molecule has 2 aliphatic rings. The third-order valence-electron chi connectivity index (χ3n) is 4.82. The Bertz CT molecular complexity index is 898. The van der Waals surface area contributed by atoms with Gasteiger partial charge in [0, 0.05) is 45.1 Å². The Hall–Kier alpha value is -2.20. The molecule has 4 rings (SSSR count). The van der Waals surface area contributed by atoms with Crippen LogP contribution in [0.25, 0.3) is 0 Å². The van der Waals surface area contributed by atoms with Gasteiger partial charge >= 0.3 is 0 Å². The summed E-state index contributed by atoms with van der Waals surface area (Å²) in [6, 6.07) is 8.57. The summed E-state index contributed by atoms with van der Waals surface area (Å²) in [5.74, 6) is 1.32. The number of piperazine rings is 1. The standard InChI is InChI=1S/C18H21N3O5S/c22-16(14-3-4-17-18(10-14)26-13-25-17)12-20-6-8-21(9-7-20)27(23,24)15-2-1-5-19-11-15/h1-5,10-11,16,22H,6-9,12-13H2. The minimum atomic E-state index is -3.52. The molecule has 0 spiro atoms. The predicted molar refractivity (Wildman–Crippen MR) is 97.0 cm³/mol. The highest BCUT2D eigenvalue weighted by Gasteiger charge is 2.29. The highest BCUT2D eigenvalue weighted by atomic mass is 32.2. The van der Waals surface area contributed by atoms with Gasteiger partial charge < -0.3 is 14.6 Å². The third kappa shape index (κ3) is 3.77. The van der Waals surface area contributed by atoms with Gasteiger partial charge in [-0.1, -0.05) is 6.07 Å². The third-order valence-corrected chi connectivity index (χ3v) is 6.70. The number of hydrogen-bond acceptors (Lipinski definition) is 7. The second-order valence-electron chi connectivity index (χ2n) is 6.52. The second-order valence-corrected chi connectivity index (χ2v) is 8.46. The molecule has 0 amide bonds. The van der Waals surface area contributed by atoms with Crippen LogP contribution in [0.15, 0.2) is 47.6 Å². The van der Waals surface area contributed by atoms with Crippen molar-refractivity contribution in [3.63, 3.8) is 0 Å². The predicted octanol–water partition coefficient (Wildman–Crippen LogP) is 0.850. The Morgan fingerprint density at radius 3 is 2.63 bits per heavy atom. The molecule has 1 saturated heterocycles. The largest absolute Gasteiger partial charge is 0.454 e. The molecule has 27 heavy (non-hydrogen) atoms. The topological polar surface area (TPSA) is 92.2 Å². The molecule has 1 aromatic heterocycles. The fourth-order valence-electron chi connectivity index (χ4n) is 3.27. The van der Waals surface area contributed by atoms with E-state index in [1.807, 2.05) is 6.07 Å². The van der Waals surface area contributed by atoms with Crippen LogP contribution in [-0.4, -0.2) is 67.2 Å². The first kappa shape index (κ1) is 18.2. The van der Waals surface area contributed by atoms with Crippen molar-refractivity contribution in [2.24, 2.45) is 0 Å². The molecule has 0 bridgehead atoms. The van der Waals surface area contributed by atoms with Gasteiger partial charge in [-0.3, -0.25) is 9.88 Å². The second kappa shape index (κ2) is 7.43. The number of aromatic nitrogens is 1. The Kier molecular flexibility index (Phi) is 5.00. The molecule has 1 N–H and O–H groups in total. The van der Waals surface area contributed by atoms with Crippen LogP contribution < -0.4 is 9.47 Å². The van der Waals surface area contributed by atoms with Crippen LogP contribution in [0.5, 0.6) is 11.5 Å². The Labute approximate surface area is 158 Å². The van der Waals surface area contributed by atoms with E-state index in [0.29, 0.717) is 44.2 Å². The van der Waals surface area contributed by atoms with Crippen molar-refractivity contribution in [1.29, 1.82) is 0 Å². The zero-order chi connectivity index (χ0) is 18.9. The summed E-state index contributed by atoms with van der Waals surface area (Å²) in [4.78, 5) is 6.16. The van der Waals surface area contributed by atoms with Crippen molar-refractivity contribution in [2.75, 3.05) is 39.5 Å². The SMILES string of the molecule is O=S(=O)(c1cccnc1)N1CCN(CC(O)c2ccc3c(c2)OCO3)CC1. The number of pyridine rings is 1. The van der Waals surface area contributed by atoms with Gasteiger partial charge in [0.05, 0.1) is 6.10 Å². The highest BCUT2D eigenvalue weighted by molar-refractivity contribution is 7.89. The minimum absolute atomic E-state index is 0.197. The quantitative estimate of drug-likeness (QED) is 0.808. The molecule has 9 heteroatoms. The van der Waals surface area contributed by atoms with Gasteiger partial charge in [-0.25, -0.2) is 8.42 Å². The van der Waals surface area contributed by atoms with Crippen LogP contribution in [0.2, 0.25) is 0 Å². The zero-order valence-electron chi connectivity index (χ0n) is 14.7. The number of hydrogen-bond donors (Lipinski definition) is 1. The molecule has 1 aromatic carbocycles. The lowest BCUT2D eigenvalue weighted by Crippen LogP contribution is -2.49. The van der Waals surface area contributed by atoms with Gasteiger partial charge in [-0.15, -0.1) is 0 Å². The van der Waals surface area contributed by atoms with Crippen LogP contribution in [0, 0.1) is 0 Å². The van der Waals surface area contributed by atoms with E-state index < -0.39 is 16.1 Å². The van der Waals surface area contributed by atoms with Gasteiger partial charge in [0.25, 0.3) is 0 Å². The first-order chi connectivity index (χ1) is 13.0. The number of aliphatic hydroxyl groups is 1. The molecule has 0 radical (unpaired) electrons. The lowest BCUT2D eigenvalue weighted by molar-refractivity contribution is 0.0919. The van der Waals surface area contributed by atoms with Crippen LogP contribution in [0.3, 0.4) is 0 Å².